The third kappa shape index (κ3) is 17.2. The minimum Gasteiger partial charge on any atom is -0.508 e. The molecule has 6 rings (SSSR count). The number of Topliss-reactive ketones (excluding diaryl/α,β-unsaturated/α-hetero) is 3. The topological polar surface area (TPSA) is 266 Å². The molecule has 2 atom stereocenters. The van der Waals surface area contributed by atoms with Crippen molar-refractivity contribution in [2.24, 2.45) is 15.0 Å². The van der Waals surface area contributed by atoms with Gasteiger partial charge in [0.1, 0.15) is 40.2 Å². The Balaban J connectivity index is 0.000000246. The lowest BCUT2D eigenvalue weighted by Gasteiger charge is -2.16. The van der Waals surface area contributed by atoms with Gasteiger partial charge in [0.05, 0.1) is 44.0 Å². The summed E-state index contributed by atoms with van der Waals surface area (Å²) in [6, 6.07) is 32.8. The van der Waals surface area contributed by atoms with E-state index in [1.54, 1.807) is 64.1 Å². The number of nitrogens with one attached hydrogen (secondary N) is 3. The van der Waals surface area contributed by atoms with Crippen LogP contribution < -0.4 is 16.0 Å². The maximum Gasteiger partial charge on any atom is 0.176 e. The second-order valence-corrected chi connectivity index (χ2v) is 18.0. The largest absolute Gasteiger partial charge is 0.508 e. The third-order valence-electron chi connectivity index (χ3n) is 12.4. The summed E-state index contributed by atoms with van der Waals surface area (Å²) in [6.45, 7) is 16.2. The number of para-hydroxylation sites is 3. The van der Waals surface area contributed by atoms with E-state index in [1.165, 1.54) is 24.3 Å². The van der Waals surface area contributed by atoms with Crippen LogP contribution in [0.4, 0.5) is 17.1 Å². The van der Waals surface area contributed by atoms with Gasteiger partial charge in [-0.15, -0.1) is 0 Å². The number of anilines is 3. The number of benzene rings is 6. The molecule has 0 aliphatic carbocycles. The van der Waals surface area contributed by atoms with Crippen LogP contribution in [0.1, 0.15) is 92.8 Å². The molecule has 16 nitrogen and oxygen atoms in total. The number of carbonyl (C=O) groups excluding carboxylic acids is 3. The highest BCUT2D eigenvalue weighted by Gasteiger charge is 2.19. The molecule has 0 bridgehead atoms. The Morgan fingerprint density at radius 1 is 0.513 bits per heavy atom. The lowest BCUT2D eigenvalue weighted by atomic mass is 10.0. The smallest absolute Gasteiger partial charge is 0.176 e. The fourth-order valence-electron chi connectivity index (χ4n) is 7.57. The van der Waals surface area contributed by atoms with Crippen LogP contribution in [0.2, 0.25) is 0 Å². The van der Waals surface area contributed by atoms with Gasteiger partial charge in [0.25, 0.3) is 0 Å². The first-order valence-corrected chi connectivity index (χ1v) is 25.1. The molecular weight excluding hydrogens is 965 g/mol. The van der Waals surface area contributed by atoms with Crippen LogP contribution in [-0.4, -0.2) is 108 Å². The van der Waals surface area contributed by atoms with E-state index >= 15 is 0 Å². The average Bonchev–Trinajstić information content (AvgIpc) is 3.41. The zero-order valence-electron chi connectivity index (χ0n) is 44.8. The molecule has 10 N–H and O–H groups in total. The van der Waals surface area contributed by atoms with E-state index in [0.717, 1.165) is 16.9 Å². The number of phenols is 7. The van der Waals surface area contributed by atoms with Crippen LogP contribution in [0, 0.1) is 27.7 Å². The molecular formula is C60H72N6O10. The van der Waals surface area contributed by atoms with Crippen molar-refractivity contribution in [3.8, 4) is 40.2 Å². The Morgan fingerprint density at radius 3 is 1.53 bits per heavy atom. The molecule has 0 fully saturated rings. The molecule has 0 aliphatic heterocycles. The van der Waals surface area contributed by atoms with Crippen LogP contribution in [-0.2, 0) is 14.4 Å². The minimum absolute atomic E-state index is 0.00369. The number of aliphatic imine (C=N–C) groups is 3. The molecule has 2 unspecified atom stereocenters. The standard InChI is InChI=1S/C21H26N2O3.C20H24N2O3.C19H22N2O4/c1-5-18(17-9-10-19(24)14(3)21(17)26)22-12-20(25)15(4)23-16-8-6-7-13(2)11-16;1-4-17(22-15-8-6-5-7-9-15)19(24)12-21-14(3)16-10-11-18(23)13(2)20(16)25;1-3-15(14-8-9-17(23)12(2)19(14)25)20-10-13(22)11-21-16-6-4-5-7-18(16)24/h6-11,15,23-24,26H,5,12H2,1-4H3;5-11,17,22-23,25H,4,12H2,1-3H3;4-9,21,23-25H,3,10-11H2,1-2H3. The number of carbonyl (C=O) groups is 3. The number of nitrogens with zero attached hydrogens (tertiary/aromatic N) is 3. The molecule has 402 valence electrons. The monoisotopic (exact) mass is 1040 g/mol. The molecule has 0 radical (unpaired) electrons. The quantitative estimate of drug-likeness (QED) is 0.0238. The molecule has 76 heavy (non-hydrogen) atoms. The lowest BCUT2D eigenvalue weighted by Crippen LogP contribution is -2.30. The highest BCUT2D eigenvalue weighted by molar-refractivity contribution is 6.05. The molecule has 0 saturated heterocycles. The second kappa shape index (κ2) is 29.3. The summed E-state index contributed by atoms with van der Waals surface area (Å²) in [5, 5.41) is 78.4. The number of rotatable bonds is 21. The Bertz CT molecular complexity index is 3040. The van der Waals surface area contributed by atoms with Gasteiger partial charge in [0.15, 0.2) is 17.3 Å². The van der Waals surface area contributed by atoms with Gasteiger partial charge in [-0.1, -0.05) is 63.2 Å². The Morgan fingerprint density at radius 2 is 1.00 bits per heavy atom. The van der Waals surface area contributed by atoms with Gasteiger partial charge in [-0.3, -0.25) is 29.4 Å². The lowest BCUT2D eigenvalue weighted by molar-refractivity contribution is -0.119. The van der Waals surface area contributed by atoms with E-state index in [-0.39, 0.29) is 95.9 Å². The summed E-state index contributed by atoms with van der Waals surface area (Å²) >= 11 is 0. The van der Waals surface area contributed by atoms with Gasteiger partial charge >= 0.3 is 0 Å². The number of aromatic hydroxyl groups is 7. The number of phenolic OH excluding ortho intramolecular Hbond substituents is 7. The first-order chi connectivity index (χ1) is 36.2. The summed E-state index contributed by atoms with van der Waals surface area (Å²) < 4.78 is 0. The van der Waals surface area contributed by atoms with Gasteiger partial charge in [0.2, 0.25) is 0 Å². The molecule has 0 saturated carbocycles. The fraction of sp³-hybridized carbons (Fsp3) is 0.300. The van der Waals surface area contributed by atoms with Crippen molar-refractivity contribution in [3.63, 3.8) is 0 Å². The maximum atomic E-state index is 12.4. The third-order valence-corrected chi connectivity index (χ3v) is 12.4. The first kappa shape index (κ1) is 59.9. The van der Waals surface area contributed by atoms with Gasteiger partial charge in [-0.25, -0.2) is 0 Å². The maximum absolute atomic E-state index is 12.4. The van der Waals surface area contributed by atoms with Crippen LogP contribution in [0.15, 0.2) is 130 Å². The average molecular weight is 1040 g/mol. The van der Waals surface area contributed by atoms with E-state index in [2.05, 4.69) is 30.9 Å². The van der Waals surface area contributed by atoms with Crippen molar-refractivity contribution in [2.75, 3.05) is 42.1 Å². The van der Waals surface area contributed by atoms with Crippen molar-refractivity contribution in [3.05, 3.63) is 154 Å². The molecule has 0 aromatic heterocycles. The summed E-state index contributed by atoms with van der Waals surface area (Å²) in [4.78, 5) is 49.9. The normalized spacial score (nSPS) is 12.2. The van der Waals surface area contributed by atoms with Crippen LogP contribution in [0.3, 0.4) is 0 Å². The van der Waals surface area contributed by atoms with E-state index in [0.29, 0.717) is 75.5 Å². The molecule has 0 amide bonds. The summed E-state index contributed by atoms with van der Waals surface area (Å²) in [7, 11) is 0. The zero-order chi connectivity index (χ0) is 56.1. The van der Waals surface area contributed by atoms with Crippen molar-refractivity contribution in [1.29, 1.82) is 0 Å². The highest BCUT2D eigenvalue weighted by Crippen LogP contribution is 2.33. The van der Waals surface area contributed by atoms with Gasteiger partial charge in [-0.05, 0) is 139 Å². The summed E-state index contributed by atoms with van der Waals surface area (Å²) in [6.07, 6.45) is 1.77. The summed E-state index contributed by atoms with van der Waals surface area (Å²) in [5.41, 5.74) is 7.98. The van der Waals surface area contributed by atoms with Gasteiger partial charge in [-0.2, -0.15) is 0 Å². The van der Waals surface area contributed by atoms with Crippen LogP contribution >= 0.6 is 0 Å². The number of hydrogen-bond donors (Lipinski definition) is 10. The fourth-order valence-corrected chi connectivity index (χ4v) is 7.57. The van der Waals surface area contributed by atoms with Gasteiger partial charge < -0.3 is 51.7 Å². The van der Waals surface area contributed by atoms with Crippen molar-refractivity contribution >= 4 is 51.5 Å². The van der Waals surface area contributed by atoms with Crippen molar-refractivity contribution < 1.29 is 50.1 Å². The second-order valence-electron chi connectivity index (χ2n) is 18.0. The summed E-state index contributed by atoms with van der Waals surface area (Å²) in [5.74, 6) is -0.0703. The van der Waals surface area contributed by atoms with E-state index in [1.807, 2.05) is 89.2 Å². The molecule has 6 aromatic rings. The van der Waals surface area contributed by atoms with E-state index in [9.17, 15) is 50.1 Å². The minimum atomic E-state index is -0.367. The van der Waals surface area contributed by atoms with E-state index < -0.39 is 0 Å². The molecule has 0 aliphatic rings. The highest BCUT2D eigenvalue weighted by atomic mass is 16.3. The molecule has 0 spiro atoms. The zero-order valence-corrected chi connectivity index (χ0v) is 44.8. The molecule has 6 aromatic carbocycles. The molecule has 0 heterocycles. The Hall–Kier alpha value is -8.66. The van der Waals surface area contributed by atoms with Crippen LogP contribution in [0.25, 0.3) is 0 Å². The predicted molar refractivity (Wildman–Crippen MR) is 304 cm³/mol. The van der Waals surface area contributed by atoms with E-state index in [4.69, 9.17) is 0 Å². The Kier molecular flexibility index (Phi) is 23.1. The SMILES string of the molecule is CCC(=NCC(=O)C(C)Nc1cccc(C)c1)c1ccc(O)c(C)c1O.CCC(=NCC(=O)CNc1ccccc1O)c1ccc(O)c(C)c1O.CCC(Nc1ccccc1)C(=O)CN=C(C)c1ccc(O)c(C)c1O. The molecule has 16 heteroatoms. The number of aryl methyl sites for hydroxylation is 1. The number of ketones is 3. The van der Waals surface area contributed by atoms with Crippen molar-refractivity contribution in [2.45, 2.75) is 93.7 Å². The Labute approximate surface area is 445 Å². The van der Waals surface area contributed by atoms with Gasteiger partial charge in [0, 0.05) is 61.9 Å². The number of hydrogen-bond acceptors (Lipinski definition) is 16. The predicted octanol–water partition coefficient (Wildman–Crippen LogP) is 10.7. The van der Waals surface area contributed by atoms with Crippen LogP contribution in [0.5, 0.6) is 40.2 Å². The van der Waals surface area contributed by atoms with Crippen molar-refractivity contribution in [1.82, 2.24) is 0 Å². The first-order valence-electron chi connectivity index (χ1n) is 25.1.